The summed E-state index contributed by atoms with van der Waals surface area (Å²) in [7, 11) is 0. The van der Waals surface area contributed by atoms with Gasteiger partial charge in [0, 0.05) is 18.9 Å². The molecule has 1 rings (SSSR count). The highest BCUT2D eigenvalue weighted by Crippen LogP contribution is 2.35. The predicted molar refractivity (Wildman–Crippen MR) is 65.6 cm³/mol. The zero-order chi connectivity index (χ0) is 14.0. The van der Waals surface area contributed by atoms with E-state index in [9.17, 15) is 13.6 Å². The first kappa shape index (κ1) is 15.3. The topological polar surface area (TPSA) is 38.3 Å². The summed E-state index contributed by atoms with van der Waals surface area (Å²) in [6.07, 6.45) is 0.658. The van der Waals surface area contributed by atoms with Crippen molar-refractivity contribution >= 4 is 5.97 Å². The van der Waals surface area contributed by atoms with Crippen LogP contribution in [0.4, 0.5) is 8.78 Å². The van der Waals surface area contributed by atoms with Gasteiger partial charge in [-0.1, -0.05) is 6.92 Å². The minimum atomic E-state index is -2.59. The molecular formula is C13H23F2NO2. The van der Waals surface area contributed by atoms with Crippen molar-refractivity contribution in [3.63, 3.8) is 0 Å². The van der Waals surface area contributed by atoms with Gasteiger partial charge in [0.1, 0.15) is 11.6 Å². The van der Waals surface area contributed by atoms with Crippen LogP contribution in [-0.2, 0) is 9.53 Å². The van der Waals surface area contributed by atoms with Crippen LogP contribution in [0.25, 0.3) is 0 Å². The maximum absolute atomic E-state index is 13.1. The van der Waals surface area contributed by atoms with Crippen LogP contribution in [0, 0.1) is 0 Å². The summed E-state index contributed by atoms with van der Waals surface area (Å²) >= 11 is 0. The van der Waals surface area contributed by atoms with E-state index in [1.54, 1.807) is 20.8 Å². The largest absolute Gasteiger partial charge is 0.459 e. The zero-order valence-electron chi connectivity index (χ0n) is 11.6. The highest BCUT2D eigenvalue weighted by molar-refractivity contribution is 5.76. The number of alkyl halides is 2. The Morgan fingerprint density at radius 3 is 2.50 bits per heavy atom. The van der Waals surface area contributed by atoms with Gasteiger partial charge < -0.3 is 10.1 Å². The monoisotopic (exact) mass is 263 g/mol. The molecule has 1 fully saturated rings. The lowest BCUT2D eigenvalue weighted by Crippen LogP contribution is -2.45. The molecule has 0 aromatic carbocycles. The molecule has 5 heteroatoms. The van der Waals surface area contributed by atoms with Gasteiger partial charge >= 0.3 is 5.97 Å². The first-order valence-corrected chi connectivity index (χ1v) is 6.50. The third-order valence-electron chi connectivity index (χ3n) is 2.94. The Balaban J connectivity index is 2.50. The number of nitrogens with one attached hydrogen (secondary N) is 1. The Morgan fingerprint density at radius 2 is 2.11 bits per heavy atom. The summed E-state index contributed by atoms with van der Waals surface area (Å²) in [6, 6.07) is -0.791. The Bertz CT molecular complexity index is 300. The fourth-order valence-electron chi connectivity index (χ4n) is 2.10. The van der Waals surface area contributed by atoms with Crippen LogP contribution in [0.2, 0.25) is 0 Å². The van der Waals surface area contributed by atoms with Gasteiger partial charge in [0.25, 0.3) is 0 Å². The zero-order valence-corrected chi connectivity index (χ0v) is 11.6. The quantitative estimate of drug-likeness (QED) is 0.793. The van der Waals surface area contributed by atoms with Gasteiger partial charge in [0.15, 0.2) is 0 Å². The molecule has 1 N–H and O–H groups in total. The van der Waals surface area contributed by atoms with Crippen molar-refractivity contribution in [1.82, 2.24) is 5.32 Å². The first-order valence-electron chi connectivity index (χ1n) is 6.50. The molecule has 0 amide bonds. The van der Waals surface area contributed by atoms with E-state index in [1.165, 1.54) is 0 Å². The Labute approximate surface area is 107 Å². The van der Waals surface area contributed by atoms with E-state index < -0.39 is 17.6 Å². The van der Waals surface area contributed by atoms with E-state index in [-0.39, 0.29) is 24.9 Å². The van der Waals surface area contributed by atoms with Crippen molar-refractivity contribution < 1.29 is 18.3 Å². The summed E-state index contributed by atoms with van der Waals surface area (Å²) < 4.78 is 31.4. The molecule has 3 nitrogen and oxygen atoms in total. The fourth-order valence-corrected chi connectivity index (χ4v) is 2.10. The molecule has 0 saturated heterocycles. The number of hydrogen-bond donors (Lipinski definition) is 1. The molecule has 18 heavy (non-hydrogen) atoms. The van der Waals surface area contributed by atoms with E-state index in [4.69, 9.17) is 4.74 Å². The van der Waals surface area contributed by atoms with E-state index in [0.29, 0.717) is 12.8 Å². The molecule has 2 atom stereocenters. The van der Waals surface area contributed by atoms with E-state index in [2.05, 4.69) is 5.32 Å². The van der Waals surface area contributed by atoms with Crippen molar-refractivity contribution in [2.24, 2.45) is 0 Å². The van der Waals surface area contributed by atoms with Crippen LogP contribution in [0.3, 0.4) is 0 Å². The molecule has 1 aliphatic rings. The highest BCUT2D eigenvalue weighted by Gasteiger charge is 2.40. The van der Waals surface area contributed by atoms with Crippen molar-refractivity contribution in [3.05, 3.63) is 0 Å². The molecule has 0 aromatic heterocycles. The van der Waals surface area contributed by atoms with Crippen LogP contribution in [0.15, 0.2) is 0 Å². The number of hydrogen-bond acceptors (Lipinski definition) is 3. The molecule has 0 spiro atoms. The SMILES string of the molecule is CC[C@@H](N[C@@H]1CCC(F)(F)C1)C(=O)OC(C)(C)C. The summed E-state index contributed by atoms with van der Waals surface area (Å²) in [6.45, 7) is 7.22. The molecular weight excluding hydrogens is 240 g/mol. The second kappa shape index (κ2) is 5.51. The van der Waals surface area contributed by atoms with E-state index >= 15 is 0 Å². The number of halogens is 2. The molecule has 0 aromatic rings. The molecule has 0 unspecified atom stereocenters. The third kappa shape index (κ3) is 4.88. The highest BCUT2D eigenvalue weighted by atomic mass is 19.3. The number of carbonyl (C=O) groups excluding carboxylic acids is 1. The van der Waals surface area contributed by atoms with E-state index in [1.807, 2.05) is 6.92 Å². The maximum atomic E-state index is 13.1. The summed E-state index contributed by atoms with van der Waals surface area (Å²) in [5.41, 5.74) is -0.550. The average Bonchev–Trinajstić information content (AvgIpc) is 2.51. The molecule has 1 aliphatic carbocycles. The van der Waals surface area contributed by atoms with Crippen molar-refractivity contribution in [2.75, 3.05) is 0 Å². The molecule has 0 bridgehead atoms. The minimum absolute atomic E-state index is 0.102. The van der Waals surface area contributed by atoms with Crippen molar-refractivity contribution in [3.8, 4) is 0 Å². The third-order valence-corrected chi connectivity index (χ3v) is 2.94. The van der Waals surface area contributed by atoms with Crippen molar-refractivity contribution in [1.29, 1.82) is 0 Å². The fraction of sp³-hybridized carbons (Fsp3) is 0.923. The standard InChI is InChI=1S/C13H23F2NO2/c1-5-10(11(17)18-12(2,3)4)16-9-6-7-13(14,15)8-9/h9-10,16H,5-8H2,1-4H3/t9-,10-/m1/s1. The summed E-state index contributed by atoms with van der Waals surface area (Å²) in [5.74, 6) is -2.95. The van der Waals surface area contributed by atoms with Crippen LogP contribution >= 0.6 is 0 Å². The normalized spacial score (nSPS) is 24.9. The van der Waals surface area contributed by atoms with Crippen molar-refractivity contribution in [2.45, 2.75) is 77.0 Å². The smallest absolute Gasteiger partial charge is 0.323 e. The number of ether oxygens (including phenoxy) is 1. The van der Waals surface area contributed by atoms with Crippen LogP contribution in [0.1, 0.15) is 53.4 Å². The molecule has 0 heterocycles. The van der Waals surface area contributed by atoms with Gasteiger partial charge in [0.05, 0.1) is 0 Å². The average molecular weight is 263 g/mol. The van der Waals surface area contributed by atoms with Gasteiger partial charge in [-0.25, -0.2) is 8.78 Å². The maximum Gasteiger partial charge on any atom is 0.323 e. The van der Waals surface area contributed by atoms with Gasteiger partial charge in [-0.05, 0) is 33.6 Å². The summed E-state index contributed by atoms with van der Waals surface area (Å²) in [4.78, 5) is 11.9. The predicted octanol–water partition coefficient (Wildman–Crippen LogP) is 2.88. The molecule has 0 aliphatic heterocycles. The van der Waals surface area contributed by atoms with Crippen LogP contribution in [-0.4, -0.2) is 29.6 Å². The van der Waals surface area contributed by atoms with Gasteiger partial charge in [0.2, 0.25) is 5.92 Å². The minimum Gasteiger partial charge on any atom is -0.459 e. The summed E-state index contributed by atoms with van der Waals surface area (Å²) in [5, 5.41) is 2.99. The van der Waals surface area contributed by atoms with Gasteiger partial charge in [-0.15, -0.1) is 0 Å². The number of rotatable bonds is 4. The molecule has 1 saturated carbocycles. The number of carbonyl (C=O) groups is 1. The van der Waals surface area contributed by atoms with Gasteiger partial charge in [-0.3, -0.25) is 4.79 Å². The van der Waals surface area contributed by atoms with Gasteiger partial charge in [-0.2, -0.15) is 0 Å². The number of esters is 1. The Hall–Kier alpha value is -0.710. The lowest BCUT2D eigenvalue weighted by atomic mass is 10.1. The lowest BCUT2D eigenvalue weighted by Gasteiger charge is -2.26. The van der Waals surface area contributed by atoms with Crippen LogP contribution < -0.4 is 5.32 Å². The van der Waals surface area contributed by atoms with E-state index in [0.717, 1.165) is 0 Å². The Kier molecular flexibility index (Phi) is 4.70. The second-order valence-electron chi connectivity index (χ2n) is 5.96. The lowest BCUT2D eigenvalue weighted by molar-refractivity contribution is -0.157. The van der Waals surface area contributed by atoms with Crippen LogP contribution in [0.5, 0.6) is 0 Å². The first-order chi connectivity index (χ1) is 8.13. The Morgan fingerprint density at radius 1 is 1.50 bits per heavy atom. The second-order valence-corrected chi connectivity index (χ2v) is 5.96. The molecule has 0 radical (unpaired) electrons. The molecule has 106 valence electrons.